The minimum absolute atomic E-state index is 0.0366. The molecular weight excluding hydrogens is 476 g/mol. The third kappa shape index (κ3) is 4.29. The van der Waals surface area contributed by atoms with Crippen LogP contribution >= 0.6 is 11.6 Å². The molecule has 0 aromatic heterocycles. The van der Waals surface area contributed by atoms with Crippen LogP contribution in [0.25, 0.3) is 0 Å². The number of esters is 1. The minimum Gasteiger partial charge on any atom is -0.454 e. The molecular formula is C25H17ClN2O7. The monoisotopic (exact) mass is 492 g/mol. The third-order valence-electron chi connectivity index (χ3n) is 5.48. The first kappa shape index (κ1) is 22.4. The van der Waals surface area contributed by atoms with Gasteiger partial charge in [0.1, 0.15) is 0 Å². The molecule has 3 aromatic carbocycles. The Bertz CT molecular complexity index is 1390. The quantitative estimate of drug-likeness (QED) is 0.415. The van der Waals surface area contributed by atoms with Gasteiger partial charge in [-0.2, -0.15) is 0 Å². The van der Waals surface area contributed by atoms with Crippen LogP contribution in [0.1, 0.15) is 36.6 Å². The van der Waals surface area contributed by atoms with E-state index < -0.39 is 30.3 Å². The number of hydrogen-bond acceptors (Lipinski definition) is 7. The first-order valence-electron chi connectivity index (χ1n) is 10.5. The highest BCUT2D eigenvalue weighted by atomic mass is 35.5. The number of halogens is 1. The van der Waals surface area contributed by atoms with Crippen molar-refractivity contribution in [3.05, 3.63) is 87.9 Å². The maximum absolute atomic E-state index is 12.9. The number of anilines is 1. The lowest BCUT2D eigenvalue weighted by atomic mass is 10.1. The molecule has 2 aliphatic heterocycles. The molecule has 35 heavy (non-hydrogen) atoms. The number of benzene rings is 3. The standard InChI is InChI=1S/C25H17ClN2O7/c26-18-3-1-2-4-19(18)28-23(30)16-7-6-15(10-17(16)24(28)31)25(32)33-12-22(29)27-11-14-5-8-20-21(9-14)35-13-34-20/h1-10H,11-13H2,(H,27,29). The summed E-state index contributed by atoms with van der Waals surface area (Å²) in [5.74, 6) is -1.22. The zero-order valence-electron chi connectivity index (χ0n) is 18.1. The largest absolute Gasteiger partial charge is 0.454 e. The maximum Gasteiger partial charge on any atom is 0.338 e. The zero-order chi connectivity index (χ0) is 24.5. The van der Waals surface area contributed by atoms with Crippen LogP contribution in [0.4, 0.5) is 5.69 Å². The zero-order valence-corrected chi connectivity index (χ0v) is 18.8. The molecule has 0 saturated carbocycles. The van der Waals surface area contributed by atoms with Crippen molar-refractivity contribution < 1.29 is 33.4 Å². The van der Waals surface area contributed by atoms with Gasteiger partial charge in [0.2, 0.25) is 6.79 Å². The molecule has 9 nitrogen and oxygen atoms in total. The predicted octanol–water partition coefficient (Wildman–Crippen LogP) is 3.34. The molecule has 2 heterocycles. The van der Waals surface area contributed by atoms with Crippen molar-refractivity contribution in [1.29, 1.82) is 0 Å². The van der Waals surface area contributed by atoms with Gasteiger partial charge in [0.25, 0.3) is 17.7 Å². The summed E-state index contributed by atoms with van der Waals surface area (Å²) in [5.41, 5.74) is 1.28. The fourth-order valence-corrected chi connectivity index (χ4v) is 3.96. The van der Waals surface area contributed by atoms with Gasteiger partial charge in [-0.1, -0.05) is 29.8 Å². The van der Waals surface area contributed by atoms with E-state index in [0.29, 0.717) is 11.5 Å². The van der Waals surface area contributed by atoms with Crippen LogP contribution in [0.15, 0.2) is 60.7 Å². The summed E-state index contributed by atoms with van der Waals surface area (Å²) >= 11 is 6.15. The number of carbonyl (C=O) groups is 4. The summed E-state index contributed by atoms with van der Waals surface area (Å²) in [6, 6.07) is 15.8. The van der Waals surface area contributed by atoms with Crippen LogP contribution in [0.3, 0.4) is 0 Å². The molecule has 10 heteroatoms. The Morgan fingerprint density at radius 3 is 2.54 bits per heavy atom. The summed E-state index contributed by atoms with van der Waals surface area (Å²) < 4.78 is 15.6. The van der Waals surface area contributed by atoms with Gasteiger partial charge >= 0.3 is 5.97 Å². The number of nitrogens with one attached hydrogen (secondary N) is 1. The topological polar surface area (TPSA) is 111 Å². The maximum atomic E-state index is 12.9. The number of nitrogens with zero attached hydrogens (tertiary/aromatic N) is 1. The molecule has 0 saturated heterocycles. The molecule has 1 N–H and O–H groups in total. The second kappa shape index (κ2) is 9.11. The van der Waals surface area contributed by atoms with Gasteiger partial charge in [-0.15, -0.1) is 0 Å². The number of ether oxygens (including phenoxy) is 3. The third-order valence-corrected chi connectivity index (χ3v) is 5.80. The minimum atomic E-state index is -0.803. The van der Waals surface area contributed by atoms with Crippen LogP contribution in [0, 0.1) is 0 Å². The molecule has 0 atom stereocenters. The van der Waals surface area contributed by atoms with Crippen molar-refractivity contribution in [2.45, 2.75) is 6.54 Å². The normalized spacial score (nSPS) is 13.6. The van der Waals surface area contributed by atoms with E-state index in [-0.39, 0.29) is 40.7 Å². The lowest BCUT2D eigenvalue weighted by Gasteiger charge is -2.15. The van der Waals surface area contributed by atoms with Gasteiger partial charge < -0.3 is 19.5 Å². The van der Waals surface area contributed by atoms with E-state index in [9.17, 15) is 19.2 Å². The van der Waals surface area contributed by atoms with E-state index in [4.69, 9.17) is 25.8 Å². The molecule has 3 aromatic rings. The van der Waals surface area contributed by atoms with Crippen molar-refractivity contribution in [2.75, 3.05) is 18.3 Å². The van der Waals surface area contributed by atoms with Crippen LogP contribution in [0.2, 0.25) is 5.02 Å². The highest BCUT2D eigenvalue weighted by Gasteiger charge is 2.38. The first-order valence-corrected chi connectivity index (χ1v) is 10.9. The molecule has 3 amide bonds. The lowest BCUT2D eigenvalue weighted by Crippen LogP contribution is -2.29. The van der Waals surface area contributed by atoms with Gasteiger partial charge in [-0.25, -0.2) is 9.69 Å². The van der Waals surface area contributed by atoms with Crippen molar-refractivity contribution in [2.24, 2.45) is 0 Å². The lowest BCUT2D eigenvalue weighted by molar-refractivity contribution is -0.124. The molecule has 0 aliphatic carbocycles. The van der Waals surface area contributed by atoms with Gasteiger partial charge in [0.05, 0.1) is 27.4 Å². The summed E-state index contributed by atoms with van der Waals surface area (Å²) in [4.78, 5) is 51.3. The van der Waals surface area contributed by atoms with E-state index in [1.165, 1.54) is 18.2 Å². The van der Waals surface area contributed by atoms with Crippen molar-refractivity contribution in [1.82, 2.24) is 5.32 Å². The number of hydrogen-bond donors (Lipinski definition) is 1. The fraction of sp³-hybridized carbons (Fsp3) is 0.120. The summed E-state index contributed by atoms with van der Waals surface area (Å²) in [7, 11) is 0. The van der Waals surface area contributed by atoms with E-state index in [1.807, 2.05) is 0 Å². The van der Waals surface area contributed by atoms with Crippen molar-refractivity contribution in [3.8, 4) is 11.5 Å². The molecule has 5 rings (SSSR count). The van der Waals surface area contributed by atoms with E-state index in [2.05, 4.69) is 5.32 Å². The Balaban J connectivity index is 1.21. The number of rotatable bonds is 6. The second-order valence-corrected chi connectivity index (χ2v) is 8.11. The Labute approximate surface area is 204 Å². The number of amides is 3. The van der Waals surface area contributed by atoms with Gasteiger partial charge in [0.15, 0.2) is 18.1 Å². The number of para-hydroxylation sites is 1. The van der Waals surface area contributed by atoms with Crippen molar-refractivity contribution in [3.63, 3.8) is 0 Å². The molecule has 2 aliphatic rings. The highest BCUT2D eigenvalue weighted by molar-refractivity contribution is 6.39. The summed E-state index contributed by atoms with van der Waals surface area (Å²) in [5, 5.41) is 2.89. The fourth-order valence-electron chi connectivity index (χ4n) is 3.74. The van der Waals surface area contributed by atoms with E-state index >= 15 is 0 Å². The molecule has 0 bridgehead atoms. The average molecular weight is 493 g/mol. The molecule has 0 radical (unpaired) electrons. The smallest absolute Gasteiger partial charge is 0.338 e. The van der Waals surface area contributed by atoms with E-state index in [0.717, 1.165) is 10.5 Å². The number of fused-ring (bicyclic) bond motifs is 2. The van der Waals surface area contributed by atoms with Crippen LogP contribution in [-0.2, 0) is 16.1 Å². The second-order valence-electron chi connectivity index (χ2n) is 7.70. The highest BCUT2D eigenvalue weighted by Crippen LogP contribution is 2.34. The van der Waals surface area contributed by atoms with Crippen molar-refractivity contribution >= 4 is 41.0 Å². The average Bonchev–Trinajstić information content (AvgIpc) is 3.43. The Morgan fingerprint density at radius 1 is 0.943 bits per heavy atom. The Morgan fingerprint density at radius 2 is 1.71 bits per heavy atom. The Kier molecular flexibility index (Phi) is 5.84. The SMILES string of the molecule is O=C(COC(=O)c1ccc2c(c1)C(=O)N(c1ccccc1Cl)C2=O)NCc1ccc2c(c1)OCO2. The Hall–Kier alpha value is -4.37. The summed E-state index contributed by atoms with van der Waals surface area (Å²) in [6.45, 7) is -0.152. The van der Waals surface area contributed by atoms with Crippen LogP contribution in [-0.4, -0.2) is 37.1 Å². The van der Waals surface area contributed by atoms with Gasteiger partial charge in [-0.05, 0) is 48.0 Å². The predicted molar refractivity (Wildman–Crippen MR) is 124 cm³/mol. The number of carbonyl (C=O) groups excluding carboxylic acids is 4. The van der Waals surface area contributed by atoms with Crippen LogP contribution in [0.5, 0.6) is 11.5 Å². The molecule has 0 fully saturated rings. The first-order chi connectivity index (χ1) is 16.9. The number of imide groups is 1. The molecule has 176 valence electrons. The molecule has 0 unspecified atom stereocenters. The van der Waals surface area contributed by atoms with Crippen LogP contribution < -0.4 is 19.7 Å². The van der Waals surface area contributed by atoms with E-state index in [1.54, 1.807) is 42.5 Å². The summed E-state index contributed by atoms with van der Waals surface area (Å²) in [6.07, 6.45) is 0. The van der Waals surface area contributed by atoms with Gasteiger partial charge in [-0.3, -0.25) is 14.4 Å². The van der Waals surface area contributed by atoms with Gasteiger partial charge in [0, 0.05) is 6.54 Å². The molecule has 0 spiro atoms.